The summed E-state index contributed by atoms with van der Waals surface area (Å²) < 4.78 is 20.1. The Balaban J connectivity index is 1.61. The van der Waals surface area contributed by atoms with E-state index in [1.54, 1.807) is 0 Å². The molecule has 0 aliphatic heterocycles. The number of hydrogen-bond donors (Lipinski definition) is 0. The molecule has 0 saturated carbocycles. The predicted octanol–water partition coefficient (Wildman–Crippen LogP) is 5.73. The first-order valence-electron chi connectivity index (χ1n) is 15.3. The largest absolute Gasteiger partial charge is 0.884 e. The Hall–Kier alpha value is -2.96. The second kappa shape index (κ2) is 15.5. The van der Waals surface area contributed by atoms with E-state index >= 15 is 0 Å². The minimum absolute atomic E-state index is 0.194. The van der Waals surface area contributed by atoms with Crippen LogP contribution in [0.4, 0.5) is 0 Å². The van der Waals surface area contributed by atoms with Crippen LogP contribution in [0.25, 0.3) is 0 Å². The fourth-order valence-electron chi connectivity index (χ4n) is 5.99. The number of alkyl halides is 3. The fraction of sp³-hybridized carbons (Fsp3) is 0.0526. The van der Waals surface area contributed by atoms with E-state index in [1.807, 2.05) is 109 Å². The highest BCUT2D eigenvalue weighted by Gasteiger charge is 2.54. The minimum atomic E-state index is -3.28. The molecule has 0 aliphatic rings. The molecule has 9 heteroatoms. The molecule has 3 nitrogen and oxygen atoms in total. The van der Waals surface area contributed by atoms with Crippen LogP contribution in [0.3, 0.4) is 0 Å². The van der Waals surface area contributed by atoms with Crippen LogP contribution in [0.1, 0.15) is 0 Å². The van der Waals surface area contributed by atoms with Crippen LogP contribution in [-0.4, -0.2) is 42.2 Å². The standard InChI is InChI=1S/2C18H15OSi.C2H2Cl3O.Al/c2*19-20(16-10-4-1-5-11-16,17-12-6-2-7-13-17)18-14-8-3-9-15-18;3-2(4,5)1-6;/h2*1-15H;1H2;/q3*-1;+3. The second-order valence-electron chi connectivity index (χ2n) is 11.0. The average Bonchev–Trinajstić information content (AvgIpc) is 3.13. The molecule has 0 aliphatic carbocycles. The Morgan fingerprint density at radius 3 is 0.787 bits per heavy atom. The summed E-state index contributed by atoms with van der Waals surface area (Å²) in [7, 11) is -6.56. The van der Waals surface area contributed by atoms with E-state index in [0.717, 1.165) is 31.1 Å². The van der Waals surface area contributed by atoms with Crippen LogP contribution in [0, 0.1) is 0 Å². The maximum Gasteiger partial charge on any atom is 0.884 e. The zero-order valence-corrected chi connectivity index (χ0v) is 30.9. The molecular weight excluding hydrogens is 694 g/mol. The number of rotatable bonds is 12. The lowest BCUT2D eigenvalue weighted by atomic mass is 10.3. The van der Waals surface area contributed by atoms with Gasteiger partial charge in [0.15, 0.2) is 0 Å². The lowest BCUT2D eigenvalue weighted by Crippen LogP contribution is -2.75. The first-order chi connectivity index (χ1) is 22.9. The van der Waals surface area contributed by atoms with Gasteiger partial charge in [-0.15, -0.1) is 0 Å². The molecule has 0 unspecified atom stereocenters. The molecule has 0 heterocycles. The van der Waals surface area contributed by atoms with Crippen LogP contribution in [0.5, 0.6) is 0 Å². The molecule has 234 valence electrons. The molecule has 6 aromatic rings. The van der Waals surface area contributed by atoms with E-state index in [9.17, 15) is 0 Å². The van der Waals surface area contributed by atoms with Crippen molar-refractivity contribution in [3.8, 4) is 0 Å². The fourth-order valence-corrected chi connectivity index (χ4v) is 19.6. The molecule has 0 saturated heterocycles. The van der Waals surface area contributed by atoms with Crippen LogP contribution in [-0.2, 0) is 10.7 Å². The van der Waals surface area contributed by atoms with Gasteiger partial charge in [0.25, 0.3) is 16.6 Å². The first kappa shape index (κ1) is 33.9. The van der Waals surface area contributed by atoms with E-state index in [2.05, 4.69) is 72.8 Å². The lowest BCUT2D eigenvalue weighted by molar-refractivity contribution is 0.205. The second-order valence-corrected chi connectivity index (χ2v) is 22.5. The molecule has 47 heavy (non-hydrogen) atoms. The van der Waals surface area contributed by atoms with Crippen LogP contribution in [0.15, 0.2) is 182 Å². The van der Waals surface area contributed by atoms with Gasteiger partial charge in [0.05, 0.1) is 6.61 Å². The highest BCUT2D eigenvalue weighted by molar-refractivity contribution is 7.11. The first-order valence-corrected chi connectivity index (χ1v) is 21.7. The van der Waals surface area contributed by atoms with Crippen molar-refractivity contribution in [2.75, 3.05) is 6.61 Å². The van der Waals surface area contributed by atoms with Crippen LogP contribution in [0.2, 0.25) is 0 Å². The zero-order valence-electron chi connectivity index (χ0n) is 25.5. The highest BCUT2D eigenvalue weighted by atomic mass is 35.6. The molecule has 0 amide bonds. The summed E-state index contributed by atoms with van der Waals surface area (Å²) in [6.45, 7) is -0.194. The molecule has 0 atom stereocenters. The summed E-state index contributed by atoms with van der Waals surface area (Å²) in [6.07, 6.45) is 0. The van der Waals surface area contributed by atoms with Gasteiger partial charge < -0.3 is 10.7 Å². The SMILES string of the molecule is ClC(Cl)(Cl)C[O][Al]([O][Si](c1ccccc1)(c1ccccc1)c1ccccc1)[O][Si](c1ccccc1)(c1ccccc1)c1ccccc1. The quantitative estimate of drug-likeness (QED) is 0.0918. The van der Waals surface area contributed by atoms with Crippen molar-refractivity contribution in [2.24, 2.45) is 0 Å². The summed E-state index contributed by atoms with van der Waals surface area (Å²) in [6, 6.07) is 62.2. The average molecular weight is 726 g/mol. The zero-order chi connectivity index (χ0) is 32.6. The Kier molecular flexibility index (Phi) is 11.2. The summed E-state index contributed by atoms with van der Waals surface area (Å²) in [5.74, 6) is 0. The number of halogens is 3. The topological polar surface area (TPSA) is 27.7 Å². The van der Waals surface area contributed by atoms with Gasteiger partial charge in [0.1, 0.15) is 0 Å². The molecule has 0 radical (unpaired) electrons. The number of hydrogen-bond acceptors (Lipinski definition) is 3. The lowest BCUT2D eigenvalue weighted by Gasteiger charge is -2.40. The Morgan fingerprint density at radius 1 is 0.383 bits per heavy atom. The summed E-state index contributed by atoms with van der Waals surface area (Å²) in [5.41, 5.74) is 0. The maximum atomic E-state index is 7.60. The van der Waals surface area contributed by atoms with Gasteiger partial charge in [-0.25, -0.2) is 0 Å². The van der Waals surface area contributed by atoms with Crippen molar-refractivity contribution >= 4 is 97.7 Å². The smallest absolute Gasteiger partial charge is 0.489 e. The number of benzene rings is 6. The Morgan fingerprint density at radius 2 is 0.596 bits per heavy atom. The van der Waals surface area contributed by atoms with E-state index in [4.69, 9.17) is 45.5 Å². The van der Waals surface area contributed by atoms with Crippen molar-refractivity contribution < 1.29 is 10.7 Å². The summed E-state index contributed by atoms with van der Waals surface area (Å²) in [5, 5.41) is 6.35. The predicted molar refractivity (Wildman–Crippen MR) is 202 cm³/mol. The Labute approximate surface area is 298 Å². The van der Waals surface area contributed by atoms with E-state index < -0.39 is 35.6 Å². The molecule has 0 aromatic heterocycles. The van der Waals surface area contributed by atoms with Gasteiger partial charge in [0, 0.05) is 0 Å². The monoisotopic (exact) mass is 724 g/mol. The Bertz CT molecular complexity index is 1500. The van der Waals surface area contributed by atoms with Crippen molar-refractivity contribution in [2.45, 2.75) is 3.79 Å². The van der Waals surface area contributed by atoms with Gasteiger partial charge >= 0.3 is 15.1 Å². The van der Waals surface area contributed by atoms with Crippen LogP contribution < -0.4 is 31.1 Å². The molecular formula is C38H32AlCl3O3Si2. The van der Waals surface area contributed by atoms with Crippen molar-refractivity contribution in [3.63, 3.8) is 0 Å². The molecule has 6 aromatic carbocycles. The van der Waals surface area contributed by atoms with E-state index in [1.165, 1.54) is 0 Å². The van der Waals surface area contributed by atoms with Crippen LogP contribution >= 0.6 is 34.8 Å². The third-order valence-electron chi connectivity index (χ3n) is 8.01. The van der Waals surface area contributed by atoms with Gasteiger partial charge in [-0.1, -0.05) is 217 Å². The normalized spacial score (nSPS) is 12.1. The minimum Gasteiger partial charge on any atom is -0.489 e. The summed E-state index contributed by atoms with van der Waals surface area (Å²) >= 11 is 15.9. The van der Waals surface area contributed by atoms with E-state index in [-0.39, 0.29) is 6.61 Å². The van der Waals surface area contributed by atoms with Gasteiger partial charge in [-0.05, 0) is 31.1 Å². The molecule has 6 rings (SSSR count). The molecule has 0 spiro atoms. The highest BCUT2D eigenvalue weighted by Crippen LogP contribution is 2.27. The van der Waals surface area contributed by atoms with Crippen molar-refractivity contribution in [3.05, 3.63) is 182 Å². The third kappa shape index (κ3) is 7.70. The van der Waals surface area contributed by atoms with Gasteiger partial charge in [-0.3, -0.25) is 0 Å². The van der Waals surface area contributed by atoms with E-state index in [0.29, 0.717) is 0 Å². The molecule has 0 bridgehead atoms. The summed E-state index contributed by atoms with van der Waals surface area (Å²) in [4.78, 5) is 0. The molecule has 0 fully saturated rings. The van der Waals surface area contributed by atoms with Crippen molar-refractivity contribution in [1.82, 2.24) is 0 Å². The van der Waals surface area contributed by atoms with Crippen molar-refractivity contribution in [1.29, 1.82) is 0 Å². The van der Waals surface area contributed by atoms with Gasteiger partial charge in [0.2, 0.25) is 3.79 Å². The van der Waals surface area contributed by atoms with Gasteiger partial charge in [-0.2, -0.15) is 0 Å². The molecule has 0 N–H and O–H groups in total. The maximum absolute atomic E-state index is 7.60. The third-order valence-corrected chi connectivity index (χ3v) is 20.0.